The van der Waals surface area contributed by atoms with Crippen molar-refractivity contribution in [2.45, 2.75) is 18.8 Å². The Balaban J connectivity index is 1.73. The number of hydrogen-bond acceptors (Lipinski definition) is 3. The molecule has 2 aromatic rings. The van der Waals surface area contributed by atoms with E-state index in [-0.39, 0.29) is 5.92 Å². The van der Waals surface area contributed by atoms with Gasteiger partial charge in [0.1, 0.15) is 13.2 Å². The Labute approximate surface area is 124 Å². The van der Waals surface area contributed by atoms with Crippen molar-refractivity contribution in [2.24, 2.45) is 0 Å². The van der Waals surface area contributed by atoms with Crippen LogP contribution in [0.5, 0.6) is 11.5 Å². The van der Waals surface area contributed by atoms with Crippen LogP contribution in [0.1, 0.15) is 23.5 Å². The highest BCUT2D eigenvalue weighted by Crippen LogP contribution is 2.34. The largest absolute Gasteiger partial charge is 0.486 e. The number of hydrogen-bond donors (Lipinski definition) is 0. The van der Waals surface area contributed by atoms with Gasteiger partial charge in [0.2, 0.25) is 0 Å². The molecule has 0 bridgehead atoms. The van der Waals surface area contributed by atoms with Crippen molar-refractivity contribution < 1.29 is 9.47 Å². The molecule has 0 radical (unpaired) electrons. The first-order valence-corrected chi connectivity index (χ1v) is 7.20. The average Bonchev–Trinajstić information content (AvgIpc) is 2.56. The summed E-state index contributed by atoms with van der Waals surface area (Å²) in [6, 6.07) is 18.5. The second-order valence-corrected chi connectivity index (χ2v) is 5.11. The van der Waals surface area contributed by atoms with Crippen molar-refractivity contribution in [3.63, 3.8) is 0 Å². The van der Waals surface area contributed by atoms with E-state index >= 15 is 0 Å². The standard InChI is InChI=1S/C18H17NO2/c19-13-16(7-6-14-4-2-1-3-5-14)15-8-9-17-18(12-15)21-11-10-20-17/h1-5,8-9,12,16H,6-7,10-11H2. The summed E-state index contributed by atoms with van der Waals surface area (Å²) < 4.78 is 11.1. The third-order valence-corrected chi connectivity index (χ3v) is 3.69. The van der Waals surface area contributed by atoms with E-state index in [2.05, 4.69) is 18.2 Å². The zero-order chi connectivity index (χ0) is 14.5. The summed E-state index contributed by atoms with van der Waals surface area (Å²) in [5.74, 6) is 1.39. The number of ether oxygens (including phenoxy) is 2. The maximum Gasteiger partial charge on any atom is 0.161 e. The smallest absolute Gasteiger partial charge is 0.161 e. The highest BCUT2D eigenvalue weighted by Gasteiger charge is 2.16. The molecule has 3 rings (SSSR count). The molecule has 2 aromatic carbocycles. The van der Waals surface area contributed by atoms with E-state index in [0.29, 0.717) is 13.2 Å². The molecule has 1 aliphatic rings. The molecule has 0 N–H and O–H groups in total. The van der Waals surface area contributed by atoms with Crippen molar-refractivity contribution in [1.29, 1.82) is 5.26 Å². The molecule has 0 aliphatic carbocycles. The van der Waals surface area contributed by atoms with Crippen molar-refractivity contribution in [1.82, 2.24) is 0 Å². The van der Waals surface area contributed by atoms with Gasteiger partial charge in [0.25, 0.3) is 0 Å². The Morgan fingerprint density at radius 1 is 1.00 bits per heavy atom. The lowest BCUT2D eigenvalue weighted by molar-refractivity contribution is 0.171. The summed E-state index contributed by atoms with van der Waals surface area (Å²) >= 11 is 0. The molecule has 21 heavy (non-hydrogen) atoms. The number of rotatable bonds is 4. The Morgan fingerprint density at radius 2 is 1.76 bits per heavy atom. The quantitative estimate of drug-likeness (QED) is 0.857. The lowest BCUT2D eigenvalue weighted by Crippen LogP contribution is -2.15. The van der Waals surface area contributed by atoms with Crippen LogP contribution in [0.2, 0.25) is 0 Å². The second-order valence-electron chi connectivity index (χ2n) is 5.11. The number of nitriles is 1. The first kappa shape index (κ1) is 13.5. The minimum atomic E-state index is -0.124. The SMILES string of the molecule is N#CC(CCc1ccccc1)c1ccc2c(c1)OCCO2. The minimum absolute atomic E-state index is 0.124. The van der Waals surface area contributed by atoms with Crippen LogP contribution in [0.3, 0.4) is 0 Å². The van der Waals surface area contributed by atoms with E-state index in [9.17, 15) is 5.26 Å². The van der Waals surface area contributed by atoms with Gasteiger partial charge in [-0.05, 0) is 36.1 Å². The van der Waals surface area contributed by atoms with Gasteiger partial charge < -0.3 is 9.47 Å². The average molecular weight is 279 g/mol. The normalized spacial score (nSPS) is 14.2. The van der Waals surface area contributed by atoms with Crippen molar-refractivity contribution in [3.8, 4) is 17.6 Å². The molecule has 0 fully saturated rings. The summed E-state index contributed by atoms with van der Waals surface area (Å²) in [6.07, 6.45) is 1.70. The van der Waals surface area contributed by atoms with Gasteiger partial charge >= 0.3 is 0 Å². The molecule has 106 valence electrons. The fraction of sp³-hybridized carbons (Fsp3) is 0.278. The van der Waals surface area contributed by atoms with Crippen LogP contribution in [-0.2, 0) is 6.42 Å². The molecular formula is C18H17NO2. The first-order valence-electron chi connectivity index (χ1n) is 7.20. The van der Waals surface area contributed by atoms with Crippen LogP contribution in [0, 0.1) is 11.3 Å². The lowest BCUT2D eigenvalue weighted by Gasteiger charge is -2.20. The monoisotopic (exact) mass is 279 g/mol. The molecule has 0 spiro atoms. The predicted octanol–water partition coefficient (Wildman–Crippen LogP) is 3.70. The number of aryl methyl sites for hydroxylation is 1. The van der Waals surface area contributed by atoms with E-state index in [1.807, 2.05) is 36.4 Å². The van der Waals surface area contributed by atoms with E-state index in [0.717, 1.165) is 29.9 Å². The van der Waals surface area contributed by atoms with Gasteiger partial charge in [-0.2, -0.15) is 5.26 Å². The molecule has 1 atom stereocenters. The van der Waals surface area contributed by atoms with Gasteiger partial charge in [0, 0.05) is 0 Å². The Kier molecular flexibility index (Phi) is 4.07. The van der Waals surface area contributed by atoms with Crippen LogP contribution in [0.15, 0.2) is 48.5 Å². The van der Waals surface area contributed by atoms with Crippen LogP contribution in [0.4, 0.5) is 0 Å². The number of nitrogens with zero attached hydrogens (tertiary/aromatic N) is 1. The molecule has 0 amide bonds. The third-order valence-electron chi connectivity index (χ3n) is 3.69. The van der Waals surface area contributed by atoms with Gasteiger partial charge in [-0.1, -0.05) is 36.4 Å². The fourth-order valence-electron chi connectivity index (χ4n) is 2.54. The number of benzene rings is 2. The molecule has 3 nitrogen and oxygen atoms in total. The summed E-state index contributed by atoms with van der Waals surface area (Å²) in [5, 5.41) is 9.44. The molecule has 0 saturated heterocycles. The van der Waals surface area contributed by atoms with E-state index in [4.69, 9.17) is 9.47 Å². The van der Waals surface area contributed by atoms with E-state index in [1.54, 1.807) is 0 Å². The van der Waals surface area contributed by atoms with Gasteiger partial charge in [0.15, 0.2) is 11.5 Å². The summed E-state index contributed by atoms with van der Waals surface area (Å²) in [6.45, 7) is 1.15. The van der Waals surface area contributed by atoms with Gasteiger partial charge in [-0.3, -0.25) is 0 Å². The predicted molar refractivity (Wildman–Crippen MR) is 80.5 cm³/mol. The Bertz CT molecular complexity index is 646. The maximum absolute atomic E-state index is 9.44. The lowest BCUT2D eigenvalue weighted by atomic mass is 9.93. The summed E-state index contributed by atoms with van der Waals surface area (Å²) in [7, 11) is 0. The van der Waals surface area contributed by atoms with Crippen LogP contribution in [-0.4, -0.2) is 13.2 Å². The Hall–Kier alpha value is -2.47. The van der Waals surface area contributed by atoms with Crippen LogP contribution >= 0.6 is 0 Å². The van der Waals surface area contributed by atoms with Crippen molar-refractivity contribution >= 4 is 0 Å². The van der Waals surface area contributed by atoms with E-state index < -0.39 is 0 Å². The molecule has 0 saturated carbocycles. The highest BCUT2D eigenvalue weighted by molar-refractivity contribution is 5.45. The molecule has 1 heterocycles. The Morgan fingerprint density at radius 3 is 2.52 bits per heavy atom. The van der Waals surface area contributed by atoms with Crippen molar-refractivity contribution in [3.05, 3.63) is 59.7 Å². The van der Waals surface area contributed by atoms with Gasteiger partial charge in [-0.25, -0.2) is 0 Å². The topological polar surface area (TPSA) is 42.2 Å². The fourth-order valence-corrected chi connectivity index (χ4v) is 2.54. The van der Waals surface area contributed by atoms with Crippen LogP contribution < -0.4 is 9.47 Å². The second kappa shape index (κ2) is 6.32. The van der Waals surface area contributed by atoms with Gasteiger partial charge in [0.05, 0.1) is 12.0 Å². The highest BCUT2D eigenvalue weighted by atomic mass is 16.6. The van der Waals surface area contributed by atoms with Gasteiger partial charge in [-0.15, -0.1) is 0 Å². The molecule has 0 aromatic heterocycles. The third kappa shape index (κ3) is 3.17. The maximum atomic E-state index is 9.44. The summed E-state index contributed by atoms with van der Waals surface area (Å²) in [5.41, 5.74) is 2.26. The zero-order valence-corrected chi connectivity index (χ0v) is 11.8. The minimum Gasteiger partial charge on any atom is -0.486 e. The van der Waals surface area contributed by atoms with E-state index in [1.165, 1.54) is 5.56 Å². The van der Waals surface area contributed by atoms with Crippen LogP contribution in [0.25, 0.3) is 0 Å². The van der Waals surface area contributed by atoms with Crippen molar-refractivity contribution in [2.75, 3.05) is 13.2 Å². The molecular weight excluding hydrogens is 262 g/mol. The molecule has 1 unspecified atom stereocenters. The molecule has 3 heteroatoms. The first-order chi connectivity index (χ1) is 10.4. The number of fused-ring (bicyclic) bond motifs is 1. The zero-order valence-electron chi connectivity index (χ0n) is 11.8. The molecule has 1 aliphatic heterocycles. The summed E-state index contributed by atoms with van der Waals surface area (Å²) in [4.78, 5) is 0.